The van der Waals surface area contributed by atoms with Crippen LogP contribution in [0.1, 0.15) is 16.7 Å². The quantitative estimate of drug-likeness (QED) is 0.506. The Labute approximate surface area is 153 Å². The lowest BCUT2D eigenvalue weighted by Crippen LogP contribution is -2.07. The number of carbonyl (C=O) groups excluding carboxylic acids is 1. The molecule has 0 spiro atoms. The summed E-state index contributed by atoms with van der Waals surface area (Å²) in [5, 5.41) is 0.760. The van der Waals surface area contributed by atoms with E-state index in [-0.39, 0.29) is 22.6 Å². The lowest BCUT2D eigenvalue weighted by Gasteiger charge is -1.99. The molecule has 3 aromatic rings. The van der Waals surface area contributed by atoms with Gasteiger partial charge in [0.2, 0.25) is 5.90 Å². The van der Waals surface area contributed by atoms with Crippen LogP contribution in [0.5, 0.6) is 0 Å². The Balaban J connectivity index is 1.79. The third kappa shape index (κ3) is 2.93. The Hall–Kier alpha value is -3.18. The minimum Gasteiger partial charge on any atom is -0.463 e. The number of esters is 1. The first-order valence-electron chi connectivity index (χ1n) is 7.82. The van der Waals surface area contributed by atoms with Crippen LogP contribution >= 0.6 is 11.6 Å². The maximum absolute atomic E-state index is 12.6. The SMILES string of the molecule is Cc1cccc(C2=N/C(=C\c3coc4ccc(Cl)cc4c3=O)C(=O)O2)c1. The molecule has 0 fully saturated rings. The summed E-state index contributed by atoms with van der Waals surface area (Å²) in [6, 6.07) is 12.2. The molecule has 0 N–H and O–H groups in total. The molecule has 2 heterocycles. The summed E-state index contributed by atoms with van der Waals surface area (Å²) in [7, 11) is 0. The fraction of sp³-hybridized carbons (Fsp3) is 0.0500. The highest BCUT2D eigenvalue weighted by Crippen LogP contribution is 2.21. The molecule has 0 bridgehead atoms. The molecule has 4 rings (SSSR count). The number of aliphatic imine (C=N–C) groups is 1. The monoisotopic (exact) mass is 365 g/mol. The van der Waals surface area contributed by atoms with Crippen LogP contribution in [0.25, 0.3) is 17.0 Å². The van der Waals surface area contributed by atoms with Crippen molar-refractivity contribution in [2.75, 3.05) is 0 Å². The first-order valence-corrected chi connectivity index (χ1v) is 8.20. The van der Waals surface area contributed by atoms with Gasteiger partial charge in [0.25, 0.3) is 0 Å². The standard InChI is InChI=1S/C20H12ClNO4/c1-11-3-2-4-12(7-11)19-22-16(20(24)26-19)8-13-10-25-17-6-5-14(21)9-15(17)18(13)23/h2-10H,1H3/b16-8-. The smallest absolute Gasteiger partial charge is 0.363 e. The zero-order valence-corrected chi connectivity index (χ0v) is 14.4. The van der Waals surface area contributed by atoms with Crippen molar-refractivity contribution in [2.24, 2.45) is 4.99 Å². The van der Waals surface area contributed by atoms with Crippen LogP contribution in [0.15, 0.2) is 68.6 Å². The van der Waals surface area contributed by atoms with Crippen molar-refractivity contribution in [3.63, 3.8) is 0 Å². The largest absolute Gasteiger partial charge is 0.463 e. The van der Waals surface area contributed by atoms with Gasteiger partial charge in [-0.3, -0.25) is 4.79 Å². The number of halogens is 1. The maximum Gasteiger partial charge on any atom is 0.363 e. The Morgan fingerprint density at radius 3 is 2.77 bits per heavy atom. The minimum absolute atomic E-state index is 0.0372. The molecule has 0 saturated carbocycles. The van der Waals surface area contributed by atoms with E-state index < -0.39 is 5.97 Å². The van der Waals surface area contributed by atoms with Crippen molar-refractivity contribution >= 4 is 40.5 Å². The number of nitrogens with zero attached hydrogens (tertiary/aromatic N) is 1. The normalized spacial score (nSPS) is 15.4. The van der Waals surface area contributed by atoms with Crippen molar-refractivity contribution in [1.82, 2.24) is 0 Å². The van der Waals surface area contributed by atoms with Gasteiger partial charge in [0.1, 0.15) is 11.8 Å². The van der Waals surface area contributed by atoms with E-state index in [1.807, 2.05) is 25.1 Å². The number of benzene rings is 2. The average molecular weight is 366 g/mol. The molecule has 0 atom stereocenters. The van der Waals surface area contributed by atoms with Crippen molar-refractivity contribution in [1.29, 1.82) is 0 Å². The van der Waals surface area contributed by atoms with Gasteiger partial charge >= 0.3 is 5.97 Å². The van der Waals surface area contributed by atoms with Crippen LogP contribution in [-0.2, 0) is 9.53 Å². The Morgan fingerprint density at radius 2 is 1.96 bits per heavy atom. The molecule has 0 unspecified atom stereocenters. The van der Waals surface area contributed by atoms with Crippen LogP contribution in [-0.4, -0.2) is 11.9 Å². The van der Waals surface area contributed by atoms with Gasteiger partial charge in [0.15, 0.2) is 11.1 Å². The molecule has 0 amide bonds. The van der Waals surface area contributed by atoms with E-state index in [1.54, 1.807) is 18.2 Å². The van der Waals surface area contributed by atoms with Crippen molar-refractivity contribution < 1.29 is 13.9 Å². The molecular weight excluding hydrogens is 354 g/mol. The first kappa shape index (κ1) is 16.3. The Kier molecular flexibility index (Phi) is 3.93. The van der Waals surface area contributed by atoms with Gasteiger partial charge in [-0.1, -0.05) is 29.3 Å². The summed E-state index contributed by atoms with van der Waals surface area (Å²) in [6.07, 6.45) is 2.65. The first-order chi connectivity index (χ1) is 12.5. The number of rotatable bonds is 2. The summed E-state index contributed by atoms with van der Waals surface area (Å²) >= 11 is 5.94. The van der Waals surface area contributed by atoms with Gasteiger partial charge < -0.3 is 9.15 Å². The van der Waals surface area contributed by atoms with Gasteiger partial charge in [-0.2, -0.15) is 0 Å². The van der Waals surface area contributed by atoms with E-state index in [0.717, 1.165) is 5.56 Å². The van der Waals surface area contributed by atoms with Gasteiger partial charge in [-0.05, 0) is 43.3 Å². The second-order valence-corrected chi connectivity index (χ2v) is 6.30. The molecule has 1 aliphatic heterocycles. The highest BCUT2D eigenvalue weighted by Gasteiger charge is 2.24. The Morgan fingerprint density at radius 1 is 1.12 bits per heavy atom. The third-order valence-corrected chi connectivity index (χ3v) is 4.17. The molecular formula is C20H12ClNO4. The molecule has 6 heteroatoms. The van der Waals surface area contributed by atoms with E-state index in [0.29, 0.717) is 21.6 Å². The van der Waals surface area contributed by atoms with E-state index in [4.69, 9.17) is 20.8 Å². The summed E-state index contributed by atoms with van der Waals surface area (Å²) in [5.41, 5.74) is 2.06. The summed E-state index contributed by atoms with van der Waals surface area (Å²) in [4.78, 5) is 28.9. The zero-order chi connectivity index (χ0) is 18.3. The van der Waals surface area contributed by atoms with Gasteiger partial charge in [-0.25, -0.2) is 9.79 Å². The lowest BCUT2D eigenvalue weighted by atomic mass is 10.1. The fourth-order valence-electron chi connectivity index (χ4n) is 2.68. The van der Waals surface area contributed by atoms with Crippen LogP contribution in [0.2, 0.25) is 5.02 Å². The van der Waals surface area contributed by atoms with Gasteiger partial charge in [0.05, 0.1) is 10.9 Å². The van der Waals surface area contributed by atoms with Crippen molar-refractivity contribution in [2.45, 2.75) is 6.92 Å². The minimum atomic E-state index is -0.618. The fourth-order valence-corrected chi connectivity index (χ4v) is 2.85. The lowest BCUT2D eigenvalue weighted by molar-refractivity contribution is -0.129. The number of carbonyl (C=O) groups is 1. The van der Waals surface area contributed by atoms with Crippen molar-refractivity contribution in [3.05, 3.63) is 86.4 Å². The molecule has 0 aliphatic carbocycles. The number of hydrogen-bond donors (Lipinski definition) is 0. The highest BCUT2D eigenvalue weighted by molar-refractivity contribution is 6.31. The second-order valence-electron chi connectivity index (χ2n) is 5.87. The Bertz CT molecular complexity index is 1170. The summed E-state index contributed by atoms with van der Waals surface area (Å²) < 4.78 is 10.7. The molecule has 0 radical (unpaired) electrons. The van der Waals surface area contributed by atoms with E-state index in [9.17, 15) is 9.59 Å². The van der Waals surface area contributed by atoms with Crippen LogP contribution in [0, 0.1) is 6.92 Å². The van der Waals surface area contributed by atoms with Gasteiger partial charge in [0, 0.05) is 10.6 Å². The number of cyclic esters (lactones) is 1. The van der Waals surface area contributed by atoms with Crippen LogP contribution < -0.4 is 5.43 Å². The summed E-state index contributed by atoms with van der Waals surface area (Å²) in [6.45, 7) is 1.93. The number of fused-ring (bicyclic) bond motifs is 1. The van der Waals surface area contributed by atoms with E-state index in [1.165, 1.54) is 18.4 Å². The third-order valence-electron chi connectivity index (χ3n) is 3.94. The topological polar surface area (TPSA) is 68.9 Å². The van der Waals surface area contributed by atoms with Gasteiger partial charge in [-0.15, -0.1) is 0 Å². The molecule has 1 aliphatic rings. The van der Waals surface area contributed by atoms with E-state index in [2.05, 4.69) is 4.99 Å². The average Bonchev–Trinajstić information content (AvgIpc) is 2.99. The van der Waals surface area contributed by atoms with Crippen LogP contribution in [0.3, 0.4) is 0 Å². The maximum atomic E-state index is 12.6. The number of ether oxygens (including phenoxy) is 1. The molecule has 26 heavy (non-hydrogen) atoms. The number of aryl methyl sites for hydroxylation is 1. The molecule has 2 aromatic carbocycles. The second kappa shape index (κ2) is 6.28. The predicted molar refractivity (Wildman–Crippen MR) is 99.3 cm³/mol. The molecule has 0 saturated heterocycles. The number of hydrogen-bond acceptors (Lipinski definition) is 5. The summed E-state index contributed by atoms with van der Waals surface area (Å²) in [5.74, 6) is -0.412. The molecule has 5 nitrogen and oxygen atoms in total. The van der Waals surface area contributed by atoms with Crippen molar-refractivity contribution in [3.8, 4) is 0 Å². The molecule has 1 aromatic heterocycles. The predicted octanol–water partition coefficient (Wildman–Crippen LogP) is 4.10. The highest BCUT2D eigenvalue weighted by atomic mass is 35.5. The van der Waals surface area contributed by atoms with E-state index >= 15 is 0 Å². The zero-order valence-electron chi connectivity index (χ0n) is 13.7. The van der Waals surface area contributed by atoms with Crippen LogP contribution in [0.4, 0.5) is 0 Å². The molecule has 128 valence electrons.